The lowest BCUT2D eigenvalue weighted by molar-refractivity contribution is 0.198. The smallest absolute Gasteiger partial charge is 0.134 e. The van der Waals surface area contributed by atoms with Gasteiger partial charge < -0.3 is 9.52 Å². The van der Waals surface area contributed by atoms with Crippen molar-refractivity contribution in [2.45, 2.75) is 19.3 Å². The summed E-state index contributed by atoms with van der Waals surface area (Å²) < 4.78 is 18.5. The van der Waals surface area contributed by atoms with Crippen LogP contribution in [0.5, 0.6) is 0 Å². The summed E-state index contributed by atoms with van der Waals surface area (Å²) in [6.07, 6.45) is 0. The summed E-state index contributed by atoms with van der Waals surface area (Å²) in [6, 6.07) is 9.81. The van der Waals surface area contributed by atoms with Crippen LogP contribution >= 0.6 is 0 Å². The third kappa shape index (κ3) is 2.39. The molecule has 0 saturated carbocycles. The molecule has 1 aromatic carbocycles. The Labute approximate surface area is 99.7 Å². The standard InChI is InChI=1S/C14H15FO2/c1-14(2,9-16)13-8-7-12(17-13)10-3-5-11(15)6-4-10/h3-8,16H,9H2,1-2H3. The maximum Gasteiger partial charge on any atom is 0.134 e. The van der Waals surface area contributed by atoms with Crippen molar-refractivity contribution < 1.29 is 13.9 Å². The van der Waals surface area contributed by atoms with E-state index in [4.69, 9.17) is 4.42 Å². The Balaban J connectivity index is 2.33. The number of hydrogen-bond acceptors (Lipinski definition) is 2. The van der Waals surface area contributed by atoms with Crippen LogP contribution in [0.25, 0.3) is 11.3 Å². The van der Waals surface area contributed by atoms with Crippen LogP contribution in [0, 0.1) is 5.82 Å². The van der Waals surface area contributed by atoms with Gasteiger partial charge in [-0.25, -0.2) is 4.39 Å². The van der Waals surface area contributed by atoms with Crippen LogP contribution in [-0.4, -0.2) is 11.7 Å². The van der Waals surface area contributed by atoms with Crippen LogP contribution < -0.4 is 0 Å². The fourth-order valence-electron chi connectivity index (χ4n) is 1.55. The van der Waals surface area contributed by atoms with Gasteiger partial charge in [-0.3, -0.25) is 0 Å². The van der Waals surface area contributed by atoms with Crippen molar-refractivity contribution in [1.82, 2.24) is 0 Å². The average molecular weight is 234 g/mol. The molecule has 0 aliphatic heterocycles. The minimum atomic E-state index is -0.404. The van der Waals surface area contributed by atoms with Gasteiger partial charge in [-0.2, -0.15) is 0 Å². The fourth-order valence-corrected chi connectivity index (χ4v) is 1.55. The van der Waals surface area contributed by atoms with Gasteiger partial charge in [0.05, 0.1) is 6.61 Å². The third-order valence-corrected chi connectivity index (χ3v) is 2.80. The van der Waals surface area contributed by atoms with Crippen molar-refractivity contribution in [3.05, 3.63) is 48.0 Å². The lowest BCUT2D eigenvalue weighted by Gasteiger charge is -2.18. The summed E-state index contributed by atoms with van der Waals surface area (Å²) in [4.78, 5) is 0. The van der Waals surface area contributed by atoms with Crippen molar-refractivity contribution in [3.8, 4) is 11.3 Å². The first-order valence-electron chi connectivity index (χ1n) is 5.50. The second-order valence-electron chi connectivity index (χ2n) is 4.71. The van der Waals surface area contributed by atoms with Gasteiger partial charge in [-0.1, -0.05) is 13.8 Å². The topological polar surface area (TPSA) is 33.4 Å². The van der Waals surface area contributed by atoms with Crippen molar-refractivity contribution in [2.24, 2.45) is 0 Å². The molecule has 0 spiro atoms. The summed E-state index contributed by atoms with van der Waals surface area (Å²) in [5.74, 6) is 1.14. The maximum absolute atomic E-state index is 12.8. The monoisotopic (exact) mass is 234 g/mol. The van der Waals surface area contributed by atoms with Crippen LogP contribution in [0.4, 0.5) is 4.39 Å². The van der Waals surface area contributed by atoms with E-state index in [2.05, 4.69) is 0 Å². The summed E-state index contributed by atoms with van der Waals surface area (Å²) in [6.45, 7) is 3.82. The van der Waals surface area contributed by atoms with E-state index in [0.29, 0.717) is 5.76 Å². The molecule has 0 saturated heterocycles. The second-order valence-corrected chi connectivity index (χ2v) is 4.71. The van der Waals surface area contributed by atoms with E-state index in [9.17, 15) is 9.50 Å². The highest BCUT2D eigenvalue weighted by Gasteiger charge is 2.23. The molecule has 1 aromatic heterocycles. The van der Waals surface area contributed by atoms with Gasteiger partial charge in [0.1, 0.15) is 17.3 Å². The van der Waals surface area contributed by atoms with Gasteiger partial charge in [0.25, 0.3) is 0 Å². The van der Waals surface area contributed by atoms with Crippen molar-refractivity contribution >= 4 is 0 Å². The van der Waals surface area contributed by atoms with E-state index in [1.54, 1.807) is 12.1 Å². The molecule has 2 aromatic rings. The number of aliphatic hydroxyl groups excluding tert-OH is 1. The van der Waals surface area contributed by atoms with Gasteiger partial charge in [0, 0.05) is 11.0 Å². The normalized spacial score (nSPS) is 11.8. The molecule has 0 aliphatic rings. The van der Waals surface area contributed by atoms with Gasteiger partial charge in [-0.05, 0) is 36.4 Å². The summed E-state index contributed by atoms with van der Waals surface area (Å²) >= 11 is 0. The Morgan fingerprint density at radius 2 is 1.76 bits per heavy atom. The average Bonchev–Trinajstić information content (AvgIpc) is 2.80. The van der Waals surface area contributed by atoms with Gasteiger partial charge in [0.2, 0.25) is 0 Å². The van der Waals surface area contributed by atoms with Crippen LogP contribution in [-0.2, 0) is 5.41 Å². The Hall–Kier alpha value is -1.61. The van der Waals surface area contributed by atoms with Gasteiger partial charge in [0.15, 0.2) is 0 Å². The Morgan fingerprint density at radius 1 is 1.12 bits per heavy atom. The first-order valence-corrected chi connectivity index (χ1v) is 5.50. The number of rotatable bonds is 3. The molecular formula is C14H15FO2. The molecule has 0 fully saturated rings. The van der Waals surface area contributed by atoms with Crippen LogP contribution in [0.15, 0.2) is 40.8 Å². The molecule has 17 heavy (non-hydrogen) atoms. The Kier molecular flexibility index (Phi) is 3.03. The molecule has 1 heterocycles. The molecule has 0 radical (unpaired) electrons. The molecule has 2 rings (SSSR count). The third-order valence-electron chi connectivity index (χ3n) is 2.80. The number of aliphatic hydroxyl groups is 1. The number of hydrogen-bond donors (Lipinski definition) is 1. The van der Waals surface area contributed by atoms with Crippen LogP contribution in [0.2, 0.25) is 0 Å². The molecule has 3 heteroatoms. The minimum absolute atomic E-state index is 0.0172. The largest absolute Gasteiger partial charge is 0.460 e. The number of halogens is 1. The van der Waals surface area contributed by atoms with Crippen LogP contribution in [0.3, 0.4) is 0 Å². The zero-order valence-electron chi connectivity index (χ0n) is 9.90. The zero-order valence-corrected chi connectivity index (χ0v) is 9.90. The highest BCUT2D eigenvalue weighted by molar-refractivity contribution is 5.57. The fraction of sp³-hybridized carbons (Fsp3) is 0.286. The predicted molar refractivity (Wildman–Crippen MR) is 64.2 cm³/mol. The van der Waals surface area contributed by atoms with E-state index in [1.807, 2.05) is 26.0 Å². The number of benzene rings is 1. The summed E-state index contributed by atoms with van der Waals surface area (Å²) in [5.41, 5.74) is 0.421. The Morgan fingerprint density at radius 3 is 2.35 bits per heavy atom. The van der Waals surface area contributed by atoms with E-state index in [-0.39, 0.29) is 12.4 Å². The molecule has 0 bridgehead atoms. The van der Waals surface area contributed by atoms with Crippen LogP contribution in [0.1, 0.15) is 19.6 Å². The van der Waals surface area contributed by atoms with Crippen molar-refractivity contribution in [1.29, 1.82) is 0 Å². The second kappa shape index (κ2) is 4.34. The molecular weight excluding hydrogens is 219 g/mol. The highest BCUT2D eigenvalue weighted by atomic mass is 19.1. The first kappa shape index (κ1) is 11.9. The minimum Gasteiger partial charge on any atom is -0.460 e. The first-order chi connectivity index (χ1) is 8.03. The summed E-state index contributed by atoms with van der Waals surface area (Å²) in [7, 11) is 0. The lowest BCUT2D eigenvalue weighted by atomic mass is 9.92. The molecule has 0 amide bonds. The SMILES string of the molecule is CC(C)(CO)c1ccc(-c2ccc(F)cc2)o1. The van der Waals surface area contributed by atoms with Crippen molar-refractivity contribution in [3.63, 3.8) is 0 Å². The summed E-state index contributed by atoms with van der Waals surface area (Å²) in [5, 5.41) is 9.25. The quantitative estimate of drug-likeness (QED) is 0.883. The van der Waals surface area contributed by atoms with Crippen molar-refractivity contribution in [2.75, 3.05) is 6.61 Å². The number of furan rings is 1. The van der Waals surface area contributed by atoms with Gasteiger partial charge >= 0.3 is 0 Å². The molecule has 1 N–H and O–H groups in total. The Bertz CT molecular complexity index is 497. The van der Waals surface area contributed by atoms with E-state index in [1.165, 1.54) is 12.1 Å². The van der Waals surface area contributed by atoms with E-state index >= 15 is 0 Å². The molecule has 0 atom stereocenters. The van der Waals surface area contributed by atoms with Gasteiger partial charge in [-0.15, -0.1) is 0 Å². The lowest BCUT2D eigenvalue weighted by Crippen LogP contribution is -2.20. The molecule has 2 nitrogen and oxygen atoms in total. The highest BCUT2D eigenvalue weighted by Crippen LogP contribution is 2.29. The van der Waals surface area contributed by atoms with E-state index < -0.39 is 5.41 Å². The zero-order chi connectivity index (χ0) is 12.5. The molecule has 90 valence electrons. The van der Waals surface area contributed by atoms with E-state index in [0.717, 1.165) is 11.3 Å². The molecule has 0 unspecified atom stereocenters. The molecule has 0 aliphatic carbocycles. The maximum atomic E-state index is 12.8. The predicted octanol–water partition coefficient (Wildman–Crippen LogP) is 3.36.